The number of halogens is 2. The van der Waals surface area contributed by atoms with Crippen LogP contribution in [0.25, 0.3) is 5.69 Å². The highest BCUT2D eigenvalue weighted by atomic mass is 19.2. The average Bonchev–Trinajstić information content (AvgIpc) is 3.37. The highest BCUT2D eigenvalue weighted by Gasteiger charge is 2.36. The van der Waals surface area contributed by atoms with Crippen LogP contribution in [-0.2, 0) is 11.3 Å². The van der Waals surface area contributed by atoms with Crippen molar-refractivity contribution in [2.45, 2.75) is 12.5 Å². The van der Waals surface area contributed by atoms with Gasteiger partial charge in [0.05, 0.1) is 18.2 Å². The quantitative estimate of drug-likeness (QED) is 0.438. The molecule has 0 saturated carbocycles. The van der Waals surface area contributed by atoms with Crippen molar-refractivity contribution in [3.05, 3.63) is 95.3 Å². The maximum atomic E-state index is 13.8. The van der Waals surface area contributed by atoms with E-state index in [9.17, 15) is 13.6 Å². The highest BCUT2D eigenvalue weighted by molar-refractivity contribution is 5.89. The number of ether oxygens (including phenoxy) is 1. The minimum atomic E-state index is -0.961. The SMILES string of the molecule is O=C(C1c2ccccc2Oc2ccccc21)N1CCN(Cc2nnnn2-c2ccc(F)c(F)c2)CC1. The van der Waals surface area contributed by atoms with Gasteiger partial charge in [0.1, 0.15) is 11.5 Å². The average molecular weight is 488 g/mol. The van der Waals surface area contributed by atoms with Gasteiger partial charge >= 0.3 is 0 Å². The number of para-hydroxylation sites is 2. The maximum absolute atomic E-state index is 13.8. The highest BCUT2D eigenvalue weighted by Crippen LogP contribution is 2.44. The van der Waals surface area contributed by atoms with E-state index in [0.717, 1.165) is 23.3 Å². The predicted molar refractivity (Wildman–Crippen MR) is 126 cm³/mol. The number of rotatable bonds is 4. The molecule has 3 aromatic carbocycles. The van der Waals surface area contributed by atoms with E-state index in [1.165, 1.54) is 10.7 Å². The smallest absolute Gasteiger partial charge is 0.234 e. The molecule has 0 radical (unpaired) electrons. The topological polar surface area (TPSA) is 76.4 Å². The van der Waals surface area contributed by atoms with Crippen LogP contribution in [0.5, 0.6) is 11.5 Å². The second-order valence-corrected chi connectivity index (χ2v) is 8.82. The second kappa shape index (κ2) is 9.12. The van der Waals surface area contributed by atoms with Crippen LogP contribution in [0.1, 0.15) is 22.9 Å². The summed E-state index contributed by atoms with van der Waals surface area (Å²) < 4.78 is 34.5. The standard InChI is InChI=1S/C26H22F2N6O2/c27-20-10-9-17(15-21(20)28)34-24(29-30-31-34)16-32-11-13-33(14-12-32)26(35)25-18-5-1-3-7-22(18)36-23-8-4-2-6-19(23)25/h1-10,15,25H,11-14,16H2. The number of aromatic nitrogens is 4. The molecule has 6 rings (SSSR count). The second-order valence-electron chi connectivity index (χ2n) is 8.82. The fourth-order valence-electron chi connectivity index (χ4n) is 4.81. The van der Waals surface area contributed by atoms with Crippen molar-refractivity contribution < 1.29 is 18.3 Å². The van der Waals surface area contributed by atoms with Crippen LogP contribution in [0, 0.1) is 11.6 Å². The van der Waals surface area contributed by atoms with Crippen molar-refractivity contribution in [3.8, 4) is 17.2 Å². The lowest BCUT2D eigenvalue weighted by Gasteiger charge is -2.37. The van der Waals surface area contributed by atoms with E-state index in [-0.39, 0.29) is 5.91 Å². The molecule has 2 aliphatic rings. The molecule has 1 fully saturated rings. The molecule has 1 aromatic heterocycles. The fraction of sp³-hybridized carbons (Fsp3) is 0.231. The Kier molecular flexibility index (Phi) is 5.65. The van der Waals surface area contributed by atoms with Gasteiger partial charge < -0.3 is 9.64 Å². The molecular formula is C26H22F2N6O2. The van der Waals surface area contributed by atoms with Crippen molar-refractivity contribution in [2.24, 2.45) is 0 Å². The molecule has 0 atom stereocenters. The number of nitrogens with zero attached hydrogens (tertiary/aromatic N) is 6. The van der Waals surface area contributed by atoms with Crippen molar-refractivity contribution in [1.82, 2.24) is 30.0 Å². The third-order valence-corrected chi connectivity index (χ3v) is 6.66. The molecule has 0 bridgehead atoms. The first kappa shape index (κ1) is 22.3. The lowest BCUT2D eigenvalue weighted by Crippen LogP contribution is -2.50. The number of piperazine rings is 1. The zero-order chi connectivity index (χ0) is 24.6. The summed E-state index contributed by atoms with van der Waals surface area (Å²) in [7, 11) is 0. The lowest BCUT2D eigenvalue weighted by atomic mass is 9.86. The number of benzene rings is 3. The van der Waals surface area contributed by atoms with E-state index in [4.69, 9.17) is 4.74 Å². The Hall–Kier alpha value is -4.18. The summed E-state index contributed by atoms with van der Waals surface area (Å²) in [6.07, 6.45) is 0. The number of carbonyl (C=O) groups is 1. The molecule has 0 N–H and O–H groups in total. The number of fused-ring (bicyclic) bond motifs is 2. The zero-order valence-electron chi connectivity index (χ0n) is 19.2. The third kappa shape index (κ3) is 3.99. The normalized spacial score (nSPS) is 15.8. The number of tetrazole rings is 1. The van der Waals surface area contributed by atoms with Crippen LogP contribution < -0.4 is 4.74 Å². The molecule has 2 aliphatic heterocycles. The molecule has 0 spiro atoms. The van der Waals surface area contributed by atoms with Gasteiger partial charge in [-0.15, -0.1) is 5.10 Å². The largest absolute Gasteiger partial charge is 0.457 e. The summed E-state index contributed by atoms with van der Waals surface area (Å²) in [6, 6.07) is 18.9. The minimum Gasteiger partial charge on any atom is -0.457 e. The van der Waals surface area contributed by atoms with Gasteiger partial charge in [-0.25, -0.2) is 8.78 Å². The first-order valence-corrected chi connectivity index (χ1v) is 11.7. The van der Waals surface area contributed by atoms with Crippen LogP contribution in [0.2, 0.25) is 0 Å². The Morgan fingerprint density at radius 1 is 0.889 bits per heavy atom. The monoisotopic (exact) mass is 488 g/mol. The molecule has 0 unspecified atom stereocenters. The number of carbonyl (C=O) groups excluding carboxylic acids is 1. The number of hydrogen-bond acceptors (Lipinski definition) is 6. The van der Waals surface area contributed by atoms with Crippen molar-refractivity contribution >= 4 is 5.91 Å². The Balaban J connectivity index is 1.16. The lowest BCUT2D eigenvalue weighted by molar-refractivity contribution is -0.133. The minimum absolute atomic E-state index is 0.0458. The molecule has 8 nitrogen and oxygen atoms in total. The van der Waals surface area contributed by atoms with Crippen molar-refractivity contribution in [1.29, 1.82) is 0 Å². The van der Waals surface area contributed by atoms with Crippen LogP contribution in [0.3, 0.4) is 0 Å². The van der Waals surface area contributed by atoms with Crippen LogP contribution >= 0.6 is 0 Å². The zero-order valence-corrected chi connectivity index (χ0v) is 19.2. The first-order valence-electron chi connectivity index (χ1n) is 11.7. The summed E-state index contributed by atoms with van der Waals surface area (Å²) >= 11 is 0. The third-order valence-electron chi connectivity index (χ3n) is 6.66. The van der Waals surface area contributed by atoms with Gasteiger partial charge in [0, 0.05) is 43.4 Å². The number of hydrogen-bond donors (Lipinski definition) is 0. The van der Waals surface area contributed by atoms with E-state index in [2.05, 4.69) is 20.4 Å². The summed E-state index contributed by atoms with van der Waals surface area (Å²) in [5.41, 5.74) is 2.09. The molecule has 1 amide bonds. The molecule has 10 heteroatoms. The number of amides is 1. The van der Waals surface area contributed by atoms with Gasteiger partial charge in [0.15, 0.2) is 17.5 Å². The van der Waals surface area contributed by atoms with Gasteiger partial charge in [0.25, 0.3) is 0 Å². The van der Waals surface area contributed by atoms with Gasteiger partial charge in [0.2, 0.25) is 5.91 Å². The summed E-state index contributed by atoms with van der Waals surface area (Å²) in [5, 5.41) is 11.7. The Labute approximate surface area is 205 Å². The van der Waals surface area contributed by atoms with Gasteiger partial charge in [-0.05, 0) is 34.7 Å². The molecule has 3 heterocycles. The molecule has 1 saturated heterocycles. The van der Waals surface area contributed by atoms with Gasteiger partial charge in [-0.1, -0.05) is 36.4 Å². The van der Waals surface area contributed by atoms with Crippen molar-refractivity contribution in [3.63, 3.8) is 0 Å². The molecule has 182 valence electrons. The van der Waals surface area contributed by atoms with E-state index in [1.54, 1.807) is 0 Å². The van der Waals surface area contributed by atoms with Crippen LogP contribution in [0.15, 0.2) is 66.7 Å². The van der Waals surface area contributed by atoms with E-state index < -0.39 is 17.6 Å². The van der Waals surface area contributed by atoms with Crippen molar-refractivity contribution in [2.75, 3.05) is 26.2 Å². The van der Waals surface area contributed by atoms with Crippen LogP contribution in [0.4, 0.5) is 8.78 Å². The molecule has 4 aromatic rings. The van der Waals surface area contributed by atoms with E-state index in [1.807, 2.05) is 53.4 Å². The molecule has 0 aliphatic carbocycles. The van der Waals surface area contributed by atoms with E-state index >= 15 is 0 Å². The maximum Gasteiger partial charge on any atom is 0.234 e. The Bertz CT molecular complexity index is 1390. The Morgan fingerprint density at radius 3 is 2.22 bits per heavy atom. The molecule has 36 heavy (non-hydrogen) atoms. The van der Waals surface area contributed by atoms with Crippen LogP contribution in [-0.4, -0.2) is 62.1 Å². The summed E-state index contributed by atoms with van der Waals surface area (Å²) in [5.74, 6) is -0.341. The predicted octanol–water partition coefficient (Wildman–Crippen LogP) is 3.52. The van der Waals surface area contributed by atoms with E-state index in [0.29, 0.717) is 55.7 Å². The Morgan fingerprint density at radius 2 is 1.56 bits per heavy atom. The fourth-order valence-corrected chi connectivity index (χ4v) is 4.81. The molecular weight excluding hydrogens is 466 g/mol. The summed E-state index contributed by atoms with van der Waals surface area (Å²) in [4.78, 5) is 17.8. The summed E-state index contributed by atoms with van der Waals surface area (Å²) in [6.45, 7) is 2.77. The van der Waals surface area contributed by atoms with Gasteiger partial charge in [-0.2, -0.15) is 4.68 Å². The van der Waals surface area contributed by atoms with Gasteiger partial charge in [-0.3, -0.25) is 9.69 Å². The first-order chi connectivity index (χ1) is 17.6.